The van der Waals surface area contributed by atoms with E-state index in [9.17, 15) is 0 Å². The molecule has 0 atom stereocenters. The lowest BCUT2D eigenvalue weighted by molar-refractivity contribution is 0.881. The fraction of sp³-hybridized carbons (Fsp3) is 0.0769. The number of nitrogens with zero attached hydrogens (tertiary/aromatic N) is 6. The Morgan fingerprint density at radius 2 is 2.00 bits per heavy atom. The van der Waals surface area contributed by atoms with E-state index in [0.717, 1.165) is 20.8 Å². The van der Waals surface area contributed by atoms with Crippen LogP contribution in [0.25, 0.3) is 20.8 Å². The number of para-hydroxylation sites is 1. The van der Waals surface area contributed by atoms with Crippen LogP contribution < -0.4 is 5.32 Å². The molecule has 0 aliphatic rings. The molecule has 22 heavy (non-hydrogen) atoms. The fourth-order valence-electron chi connectivity index (χ4n) is 1.94. The number of aromatic nitrogens is 7. The van der Waals surface area contributed by atoms with Crippen molar-refractivity contribution < 1.29 is 0 Å². The molecule has 4 rings (SSSR count). The van der Waals surface area contributed by atoms with Crippen molar-refractivity contribution in [2.75, 3.05) is 5.32 Å². The SMILES string of the molecule is c1ccc2sc(-c3cnc(NCc4nn[nH]n4)nc3)nc2c1. The van der Waals surface area contributed by atoms with Gasteiger partial charge in [-0.1, -0.05) is 17.3 Å². The highest BCUT2D eigenvalue weighted by Gasteiger charge is 2.07. The molecule has 0 aliphatic carbocycles. The third-order valence-corrected chi connectivity index (χ3v) is 4.07. The summed E-state index contributed by atoms with van der Waals surface area (Å²) in [5.41, 5.74) is 1.88. The molecule has 3 heterocycles. The number of anilines is 1. The van der Waals surface area contributed by atoms with Crippen LogP contribution in [0, 0.1) is 0 Å². The highest BCUT2D eigenvalue weighted by atomic mass is 32.1. The van der Waals surface area contributed by atoms with E-state index in [-0.39, 0.29) is 0 Å². The van der Waals surface area contributed by atoms with Crippen molar-refractivity contribution in [3.8, 4) is 10.6 Å². The number of rotatable bonds is 4. The van der Waals surface area contributed by atoms with Crippen LogP contribution in [0.4, 0.5) is 5.95 Å². The summed E-state index contributed by atoms with van der Waals surface area (Å²) in [6.07, 6.45) is 3.51. The van der Waals surface area contributed by atoms with Crippen LogP contribution in [0.1, 0.15) is 5.82 Å². The van der Waals surface area contributed by atoms with E-state index < -0.39 is 0 Å². The van der Waals surface area contributed by atoms with Gasteiger partial charge in [-0.2, -0.15) is 5.21 Å². The predicted octanol–water partition coefficient (Wildman–Crippen LogP) is 1.88. The number of benzene rings is 1. The molecule has 0 fully saturated rings. The van der Waals surface area contributed by atoms with E-state index in [1.165, 1.54) is 0 Å². The lowest BCUT2D eigenvalue weighted by Crippen LogP contribution is -2.04. The number of tetrazole rings is 1. The van der Waals surface area contributed by atoms with E-state index in [4.69, 9.17) is 0 Å². The number of hydrogen-bond acceptors (Lipinski definition) is 8. The minimum atomic E-state index is 0.414. The normalized spacial score (nSPS) is 10.9. The van der Waals surface area contributed by atoms with Gasteiger partial charge in [0.1, 0.15) is 5.01 Å². The summed E-state index contributed by atoms with van der Waals surface area (Å²) in [6, 6.07) is 8.04. The Kier molecular flexibility index (Phi) is 3.16. The molecule has 0 amide bonds. The third-order valence-electron chi connectivity index (χ3n) is 2.99. The highest BCUT2D eigenvalue weighted by molar-refractivity contribution is 7.21. The summed E-state index contributed by atoms with van der Waals surface area (Å²) in [7, 11) is 0. The molecule has 2 N–H and O–H groups in total. The Morgan fingerprint density at radius 3 is 2.77 bits per heavy atom. The van der Waals surface area contributed by atoms with Crippen LogP contribution in [-0.2, 0) is 6.54 Å². The molecule has 0 bridgehead atoms. The average Bonchev–Trinajstić information content (AvgIpc) is 3.22. The van der Waals surface area contributed by atoms with E-state index in [2.05, 4.69) is 47.0 Å². The zero-order valence-electron chi connectivity index (χ0n) is 11.3. The van der Waals surface area contributed by atoms with Gasteiger partial charge in [0, 0.05) is 18.0 Å². The summed E-state index contributed by atoms with van der Waals surface area (Å²) in [5.74, 6) is 1.06. The second kappa shape index (κ2) is 5.45. The topological polar surface area (TPSA) is 105 Å². The van der Waals surface area contributed by atoms with Gasteiger partial charge in [-0.15, -0.1) is 21.5 Å². The highest BCUT2D eigenvalue weighted by Crippen LogP contribution is 2.29. The molecule has 9 heteroatoms. The van der Waals surface area contributed by atoms with Crippen molar-refractivity contribution in [1.29, 1.82) is 0 Å². The van der Waals surface area contributed by atoms with Gasteiger partial charge >= 0.3 is 0 Å². The second-order valence-electron chi connectivity index (χ2n) is 4.46. The van der Waals surface area contributed by atoms with Crippen molar-refractivity contribution in [3.63, 3.8) is 0 Å². The van der Waals surface area contributed by atoms with Crippen molar-refractivity contribution >= 4 is 27.5 Å². The number of thiazole rings is 1. The minimum Gasteiger partial charge on any atom is -0.347 e. The molecule has 1 aromatic carbocycles. The smallest absolute Gasteiger partial charge is 0.223 e. The summed E-state index contributed by atoms with van der Waals surface area (Å²) in [5, 5.41) is 17.5. The van der Waals surface area contributed by atoms with Gasteiger partial charge in [0.25, 0.3) is 0 Å². The van der Waals surface area contributed by atoms with Gasteiger partial charge in [-0.05, 0) is 12.1 Å². The summed E-state index contributed by atoms with van der Waals surface area (Å²) >= 11 is 1.62. The third kappa shape index (κ3) is 2.49. The van der Waals surface area contributed by atoms with Gasteiger partial charge in [0.05, 0.1) is 16.8 Å². The first-order valence-electron chi connectivity index (χ1n) is 6.53. The van der Waals surface area contributed by atoms with Crippen molar-refractivity contribution in [2.45, 2.75) is 6.54 Å². The average molecular weight is 310 g/mol. The maximum atomic E-state index is 4.58. The number of hydrogen-bond donors (Lipinski definition) is 2. The Balaban J connectivity index is 1.53. The molecular formula is C13H10N8S. The van der Waals surface area contributed by atoms with Crippen LogP contribution in [0.15, 0.2) is 36.7 Å². The number of H-pyrrole nitrogens is 1. The molecule has 8 nitrogen and oxygen atoms in total. The molecule has 0 saturated carbocycles. The molecule has 3 aromatic heterocycles. The second-order valence-corrected chi connectivity index (χ2v) is 5.49. The summed E-state index contributed by atoms with van der Waals surface area (Å²) < 4.78 is 1.15. The maximum absolute atomic E-state index is 4.58. The Bertz CT molecular complexity index is 851. The number of nitrogens with one attached hydrogen (secondary N) is 2. The molecule has 4 aromatic rings. The standard InChI is InChI=1S/C13H10N8S/c1-2-4-10-9(3-1)17-12(22-10)8-5-14-13(15-6-8)16-7-11-18-20-21-19-11/h1-6H,7H2,(H,14,15,16)(H,18,19,20,21). The van der Waals surface area contributed by atoms with Gasteiger partial charge in [0.15, 0.2) is 5.82 Å². The fourth-order valence-corrected chi connectivity index (χ4v) is 2.88. The van der Waals surface area contributed by atoms with Gasteiger partial charge in [0.2, 0.25) is 5.95 Å². The first kappa shape index (κ1) is 12.8. The van der Waals surface area contributed by atoms with Gasteiger partial charge in [-0.25, -0.2) is 15.0 Å². The van der Waals surface area contributed by atoms with Crippen molar-refractivity contribution in [3.05, 3.63) is 42.5 Å². The zero-order chi connectivity index (χ0) is 14.8. The first-order chi connectivity index (χ1) is 10.9. The van der Waals surface area contributed by atoms with E-state index >= 15 is 0 Å². The number of fused-ring (bicyclic) bond motifs is 1. The molecule has 0 unspecified atom stereocenters. The number of aromatic amines is 1. The summed E-state index contributed by atoms with van der Waals surface area (Å²) in [4.78, 5) is 13.2. The van der Waals surface area contributed by atoms with Crippen LogP contribution in [0.3, 0.4) is 0 Å². The lowest BCUT2D eigenvalue weighted by atomic mass is 10.3. The van der Waals surface area contributed by atoms with Crippen molar-refractivity contribution in [2.24, 2.45) is 0 Å². The first-order valence-corrected chi connectivity index (χ1v) is 7.34. The van der Waals surface area contributed by atoms with Crippen molar-refractivity contribution in [1.82, 2.24) is 35.6 Å². The molecular weight excluding hydrogens is 300 g/mol. The quantitative estimate of drug-likeness (QED) is 0.593. The van der Waals surface area contributed by atoms with E-state index in [1.54, 1.807) is 23.7 Å². The van der Waals surface area contributed by atoms with Gasteiger partial charge < -0.3 is 5.32 Å². The molecule has 0 radical (unpaired) electrons. The van der Waals surface area contributed by atoms with Crippen LogP contribution in [0.2, 0.25) is 0 Å². The minimum absolute atomic E-state index is 0.414. The Hall–Kier alpha value is -2.94. The molecule has 0 saturated heterocycles. The molecule has 0 spiro atoms. The lowest BCUT2D eigenvalue weighted by Gasteiger charge is -2.01. The van der Waals surface area contributed by atoms with Crippen LogP contribution in [0.5, 0.6) is 0 Å². The molecule has 0 aliphatic heterocycles. The van der Waals surface area contributed by atoms with Crippen LogP contribution in [-0.4, -0.2) is 35.6 Å². The van der Waals surface area contributed by atoms with Crippen LogP contribution >= 0.6 is 11.3 Å². The predicted molar refractivity (Wildman–Crippen MR) is 82.2 cm³/mol. The summed E-state index contributed by atoms with van der Waals surface area (Å²) in [6.45, 7) is 0.414. The largest absolute Gasteiger partial charge is 0.347 e. The zero-order valence-corrected chi connectivity index (χ0v) is 12.1. The Morgan fingerprint density at radius 1 is 1.14 bits per heavy atom. The Labute approximate surface area is 128 Å². The molecule has 108 valence electrons. The van der Waals surface area contributed by atoms with E-state index in [0.29, 0.717) is 18.3 Å². The monoisotopic (exact) mass is 310 g/mol. The maximum Gasteiger partial charge on any atom is 0.223 e. The van der Waals surface area contributed by atoms with Gasteiger partial charge in [-0.3, -0.25) is 0 Å². The van der Waals surface area contributed by atoms with E-state index in [1.807, 2.05) is 18.2 Å².